The molecule has 2 heterocycles. The molecule has 1 aliphatic heterocycles. The minimum atomic E-state index is 0.180. The monoisotopic (exact) mass is 301 g/mol. The van der Waals surface area contributed by atoms with Gasteiger partial charge in [-0.1, -0.05) is 0 Å². The molecule has 1 fully saturated rings. The molecular weight excluding hydrogens is 286 g/mol. The number of halogens is 1. The first-order chi connectivity index (χ1) is 7.50. The lowest BCUT2D eigenvalue weighted by Crippen LogP contribution is -2.41. The summed E-state index contributed by atoms with van der Waals surface area (Å²) >= 11 is 4.93. The maximum atomic E-state index is 12.1. The van der Waals surface area contributed by atoms with Crippen LogP contribution in [0.5, 0.6) is 0 Å². The molecule has 1 aliphatic rings. The third-order valence-corrected chi connectivity index (χ3v) is 5.16. The van der Waals surface area contributed by atoms with Gasteiger partial charge >= 0.3 is 0 Å². The first-order valence-corrected chi connectivity index (χ1v) is 7.19. The number of hydrogen-bond acceptors (Lipinski definition) is 3. The van der Waals surface area contributed by atoms with E-state index in [0.717, 1.165) is 15.9 Å². The highest BCUT2D eigenvalue weighted by Crippen LogP contribution is 2.29. The zero-order chi connectivity index (χ0) is 11.8. The van der Waals surface area contributed by atoms with Crippen molar-refractivity contribution < 1.29 is 4.79 Å². The van der Waals surface area contributed by atoms with Gasteiger partial charge in [0, 0.05) is 10.0 Å². The first kappa shape index (κ1) is 12.3. The molecule has 0 aromatic carbocycles. The van der Waals surface area contributed by atoms with Crippen molar-refractivity contribution >= 4 is 33.0 Å². The number of likely N-dealkylation sites (tertiary alicyclic amines) is 1. The van der Waals surface area contributed by atoms with E-state index in [9.17, 15) is 4.79 Å². The molecule has 1 saturated heterocycles. The van der Waals surface area contributed by atoms with Crippen LogP contribution in [-0.2, 0) is 0 Å². The smallest absolute Gasteiger partial charge is 0.187 e. The second-order valence-corrected chi connectivity index (χ2v) is 6.63. The molecule has 2 rings (SSSR count). The predicted octanol–water partition coefficient (Wildman–Crippen LogP) is 3.57. The Morgan fingerprint density at radius 3 is 2.88 bits per heavy atom. The van der Waals surface area contributed by atoms with Crippen LogP contribution in [0.25, 0.3) is 0 Å². The normalized spacial score (nSPS) is 20.2. The minimum Gasteiger partial charge on any atom is -0.292 e. The summed E-state index contributed by atoms with van der Waals surface area (Å²) in [6.07, 6.45) is 2.39. The van der Waals surface area contributed by atoms with Crippen LogP contribution in [0.2, 0.25) is 0 Å². The van der Waals surface area contributed by atoms with Gasteiger partial charge in [-0.25, -0.2) is 0 Å². The number of rotatable bonds is 3. The first-order valence-electron chi connectivity index (χ1n) is 5.52. The Balaban J connectivity index is 2.06. The fourth-order valence-electron chi connectivity index (χ4n) is 2.19. The lowest BCUT2D eigenvalue weighted by atomic mass is 10.0. The number of carbonyl (C=O) groups is 1. The van der Waals surface area contributed by atoms with Gasteiger partial charge in [0.05, 0.1) is 11.4 Å². The van der Waals surface area contributed by atoms with E-state index >= 15 is 0 Å². The average Bonchev–Trinajstić information content (AvgIpc) is 2.74. The van der Waals surface area contributed by atoms with Crippen LogP contribution >= 0.6 is 27.3 Å². The molecule has 16 heavy (non-hydrogen) atoms. The van der Waals surface area contributed by atoms with Crippen LogP contribution < -0.4 is 0 Å². The van der Waals surface area contributed by atoms with E-state index in [1.54, 1.807) is 0 Å². The van der Waals surface area contributed by atoms with Crippen molar-refractivity contribution in [1.29, 1.82) is 0 Å². The number of ketones is 1. The van der Waals surface area contributed by atoms with Gasteiger partial charge < -0.3 is 0 Å². The number of hydrogen-bond donors (Lipinski definition) is 0. The molecular formula is C12H16BrNOS. The van der Waals surface area contributed by atoms with E-state index in [4.69, 9.17) is 0 Å². The van der Waals surface area contributed by atoms with Gasteiger partial charge in [0.25, 0.3) is 0 Å². The number of Topliss-reactive ketones (excluding diaryl/α,β-unsaturated/α-hetero) is 1. The Hall–Kier alpha value is -0.190. The summed E-state index contributed by atoms with van der Waals surface area (Å²) in [4.78, 5) is 15.3. The van der Waals surface area contributed by atoms with Gasteiger partial charge in [-0.15, -0.1) is 11.3 Å². The zero-order valence-electron chi connectivity index (χ0n) is 9.62. The number of nitrogens with zero attached hydrogens (tertiary/aromatic N) is 1. The molecule has 1 aromatic heterocycles. The largest absolute Gasteiger partial charge is 0.292 e. The fourth-order valence-corrected chi connectivity index (χ4v) is 3.72. The van der Waals surface area contributed by atoms with E-state index in [0.29, 0.717) is 6.54 Å². The van der Waals surface area contributed by atoms with Crippen LogP contribution in [0.3, 0.4) is 0 Å². The maximum Gasteiger partial charge on any atom is 0.187 e. The van der Waals surface area contributed by atoms with E-state index in [1.807, 2.05) is 11.4 Å². The summed E-state index contributed by atoms with van der Waals surface area (Å²) in [6.45, 7) is 6.03. The highest BCUT2D eigenvalue weighted by molar-refractivity contribution is 9.10. The van der Waals surface area contributed by atoms with Crippen molar-refractivity contribution in [2.75, 3.05) is 13.1 Å². The molecule has 2 nitrogen and oxygen atoms in total. The molecule has 0 N–H and O–H groups in total. The van der Waals surface area contributed by atoms with Crippen molar-refractivity contribution in [3.63, 3.8) is 0 Å². The Morgan fingerprint density at radius 2 is 2.38 bits per heavy atom. The van der Waals surface area contributed by atoms with Crippen LogP contribution in [0.4, 0.5) is 0 Å². The van der Waals surface area contributed by atoms with Crippen LogP contribution in [0, 0.1) is 0 Å². The third kappa shape index (κ3) is 2.39. The summed E-state index contributed by atoms with van der Waals surface area (Å²) < 4.78 is 0.930. The fraction of sp³-hybridized carbons (Fsp3) is 0.583. The standard InChI is InChI=1S/C12H16BrNOS/c1-12(2)5-3-6-14(12)8-10(15)11-9(13)4-7-16-11/h4,7H,3,5-6,8H2,1-2H3. The van der Waals surface area contributed by atoms with Crippen LogP contribution in [-0.4, -0.2) is 29.3 Å². The van der Waals surface area contributed by atoms with Gasteiger partial charge in [0.2, 0.25) is 0 Å². The van der Waals surface area contributed by atoms with Gasteiger partial charge in [-0.3, -0.25) is 9.69 Å². The van der Waals surface area contributed by atoms with Gasteiger partial charge in [-0.05, 0) is 60.6 Å². The molecule has 0 radical (unpaired) electrons. The lowest BCUT2D eigenvalue weighted by Gasteiger charge is -2.30. The quantitative estimate of drug-likeness (QED) is 0.796. The molecule has 0 unspecified atom stereocenters. The van der Waals surface area contributed by atoms with Crippen LogP contribution in [0.1, 0.15) is 36.4 Å². The van der Waals surface area contributed by atoms with E-state index in [2.05, 4.69) is 34.7 Å². The van der Waals surface area contributed by atoms with Crippen molar-refractivity contribution in [3.8, 4) is 0 Å². The summed E-state index contributed by atoms with van der Waals surface area (Å²) in [5.41, 5.74) is 0.180. The second kappa shape index (κ2) is 4.59. The molecule has 4 heteroatoms. The van der Waals surface area contributed by atoms with E-state index in [-0.39, 0.29) is 11.3 Å². The molecule has 1 aromatic rings. The van der Waals surface area contributed by atoms with Gasteiger partial charge in [0.15, 0.2) is 5.78 Å². The second-order valence-electron chi connectivity index (χ2n) is 4.86. The van der Waals surface area contributed by atoms with Gasteiger partial charge in [-0.2, -0.15) is 0 Å². The van der Waals surface area contributed by atoms with Crippen molar-refractivity contribution in [1.82, 2.24) is 4.90 Å². The SMILES string of the molecule is CC1(C)CCCN1CC(=O)c1sccc1Br. The highest BCUT2D eigenvalue weighted by atomic mass is 79.9. The minimum absolute atomic E-state index is 0.180. The Labute approximate surface area is 109 Å². The topological polar surface area (TPSA) is 20.3 Å². The Bertz CT molecular complexity index is 399. The molecule has 0 saturated carbocycles. The van der Waals surface area contributed by atoms with Gasteiger partial charge in [0.1, 0.15) is 0 Å². The molecule has 0 spiro atoms. The summed E-state index contributed by atoms with van der Waals surface area (Å²) in [6, 6.07) is 1.94. The number of thiophene rings is 1. The molecule has 0 atom stereocenters. The average molecular weight is 302 g/mol. The van der Waals surface area contributed by atoms with Crippen LogP contribution in [0.15, 0.2) is 15.9 Å². The summed E-state index contributed by atoms with van der Waals surface area (Å²) in [5.74, 6) is 0.233. The lowest BCUT2D eigenvalue weighted by molar-refractivity contribution is 0.0875. The zero-order valence-corrected chi connectivity index (χ0v) is 12.0. The molecule has 0 amide bonds. The van der Waals surface area contributed by atoms with E-state index < -0.39 is 0 Å². The van der Waals surface area contributed by atoms with E-state index in [1.165, 1.54) is 24.2 Å². The Morgan fingerprint density at radius 1 is 1.62 bits per heavy atom. The maximum absolute atomic E-state index is 12.1. The number of carbonyl (C=O) groups excluding carboxylic acids is 1. The predicted molar refractivity (Wildman–Crippen MR) is 71.2 cm³/mol. The van der Waals surface area contributed by atoms with Crippen molar-refractivity contribution in [3.05, 3.63) is 20.8 Å². The van der Waals surface area contributed by atoms with Crippen molar-refractivity contribution in [2.24, 2.45) is 0 Å². The molecule has 0 aliphatic carbocycles. The Kier molecular flexibility index (Phi) is 3.52. The molecule has 0 bridgehead atoms. The summed E-state index contributed by atoms with van der Waals surface area (Å²) in [5, 5.41) is 1.95. The summed E-state index contributed by atoms with van der Waals surface area (Å²) in [7, 11) is 0. The third-order valence-electron chi connectivity index (χ3n) is 3.28. The van der Waals surface area contributed by atoms with Crippen molar-refractivity contribution in [2.45, 2.75) is 32.2 Å². The molecule has 88 valence electrons. The highest BCUT2D eigenvalue weighted by Gasteiger charge is 2.33.